The number of likely N-dealkylation sites (tertiary alicyclic amines) is 2. The molecule has 7 heteroatoms. The molecule has 0 spiro atoms. The fraction of sp³-hybridized carbons (Fsp3) is 0.643. The van der Waals surface area contributed by atoms with Gasteiger partial charge in [-0.2, -0.15) is 0 Å². The number of anilines is 1. The molecular weight excluding hydrogens is 268 g/mol. The fourth-order valence-corrected chi connectivity index (χ4v) is 3.21. The third-order valence-corrected chi connectivity index (χ3v) is 4.36. The molecule has 1 unspecified atom stereocenters. The summed E-state index contributed by atoms with van der Waals surface area (Å²) in [6.45, 7) is 3.92. The summed E-state index contributed by atoms with van der Waals surface area (Å²) < 4.78 is 0. The van der Waals surface area contributed by atoms with Crippen LogP contribution in [0.1, 0.15) is 36.2 Å². The van der Waals surface area contributed by atoms with Crippen LogP contribution >= 0.6 is 0 Å². The Labute approximate surface area is 124 Å². The Hall–Kier alpha value is -1.73. The lowest BCUT2D eigenvalue weighted by atomic mass is 10.1. The summed E-state index contributed by atoms with van der Waals surface area (Å²) in [4.78, 5) is 25.1. The average Bonchev–Trinajstić information content (AvgIpc) is 3.05. The molecule has 0 aliphatic carbocycles. The molecule has 0 radical (unpaired) electrons. The second-order valence-electron chi connectivity index (χ2n) is 5.72. The average molecular weight is 290 g/mol. The first kappa shape index (κ1) is 14.2. The molecular formula is C14H22N6O. The van der Waals surface area contributed by atoms with Crippen molar-refractivity contribution in [2.75, 3.05) is 31.6 Å². The summed E-state index contributed by atoms with van der Waals surface area (Å²) in [5, 5.41) is 0. The van der Waals surface area contributed by atoms with Gasteiger partial charge in [0.15, 0.2) is 5.82 Å². The molecule has 1 aromatic heterocycles. The number of nitrogen functional groups attached to an aromatic ring is 1. The van der Waals surface area contributed by atoms with Gasteiger partial charge in [0.05, 0.1) is 12.4 Å². The molecule has 1 aromatic rings. The molecule has 3 rings (SSSR count). The smallest absolute Gasteiger partial charge is 0.274 e. The van der Waals surface area contributed by atoms with E-state index in [2.05, 4.69) is 20.3 Å². The Bertz CT molecular complexity index is 502. The van der Waals surface area contributed by atoms with Gasteiger partial charge in [-0.3, -0.25) is 14.7 Å². The molecule has 3 N–H and O–H groups in total. The van der Waals surface area contributed by atoms with Gasteiger partial charge in [-0.25, -0.2) is 10.8 Å². The van der Waals surface area contributed by atoms with Crippen LogP contribution in [0, 0.1) is 0 Å². The third-order valence-electron chi connectivity index (χ3n) is 4.36. The molecule has 2 aliphatic rings. The topological polar surface area (TPSA) is 87.4 Å². The van der Waals surface area contributed by atoms with E-state index in [4.69, 9.17) is 5.84 Å². The summed E-state index contributed by atoms with van der Waals surface area (Å²) in [5.41, 5.74) is 2.77. The van der Waals surface area contributed by atoms with Gasteiger partial charge in [0.1, 0.15) is 5.69 Å². The minimum atomic E-state index is -0.0564. The van der Waals surface area contributed by atoms with Crippen molar-refractivity contribution in [3.05, 3.63) is 18.1 Å². The summed E-state index contributed by atoms with van der Waals surface area (Å²) in [6, 6.07) is 0.498. The highest BCUT2D eigenvalue weighted by Gasteiger charge is 2.31. The number of nitrogens with two attached hydrogens (primary N) is 1. The maximum absolute atomic E-state index is 12.5. The van der Waals surface area contributed by atoms with Gasteiger partial charge in [-0.15, -0.1) is 0 Å². The highest BCUT2D eigenvalue weighted by molar-refractivity contribution is 5.92. The number of aromatic nitrogens is 2. The van der Waals surface area contributed by atoms with Crippen LogP contribution in [-0.2, 0) is 0 Å². The fourth-order valence-electron chi connectivity index (χ4n) is 3.21. The van der Waals surface area contributed by atoms with Gasteiger partial charge in [0, 0.05) is 19.1 Å². The summed E-state index contributed by atoms with van der Waals surface area (Å²) >= 11 is 0. The Morgan fingerprint density at radius 3 is 2.81 bits per heavy atom. The standard InChI is InChI=1S/C14H22N6O/c15-18-13-9-16-8-12(17-13)14(21)20-7-4-11(10-20)19-5-2-1-3-6-19/h8-9,11H,1-7,10,15H2,(H,17,18). The normalized spacial score (nSPS) is 23.3. The Kier molecular flexibility index (Phi) is 4.31. The van der Waals surface area contributed by atoms with E-state index in [9.17, 15) is 4.79 Å². The van der Waals surface area contributed by atoms with Crippen LogP contribution in [0.15, 0.2) is 12.4 Å². The highest BCUT2D eigenvalue weighted by atomic mass is 16.2. The zero-order valence-electron chi connectivity index (χ0n) is 12.2. The second kappa shape index (κ2) is 6.36. The van der Waals surface area contributed by atoms with E-state index >= 15 is 0 Å². The number of carbonyl (C=O) groups is 1. The van der Waals surface area contributed by atoms with Crippen LogP contribution in [0.25, 0.3) is 0 Å². The van der Waals surface area contributed by atoms with Crippen molar-refractivity contribution in [2.24, 2.45) is 5.84 Å². The van der Waals surface area contributed by atoms with E-state index in [1.54, 1.807) is 0 Å². The van der Waals surface area contributed by atoms with Crippen LogP contribution in [0.5, 0.6) is 0 Å². The monoisotopic (exact) mass is 290 g/mol. The Balaban J connectivity index is 1.63. The van der Waals surface area contributed by atoms with E-state index < -0.39 is 0 Å². The number of nitrogens with one attached hydrogen (secondary N) is 1. The maximum Gasteiger partial charge on any atom is 0.274 e. The van der Waals surface area contributed by atoms with E-state index in [1.807, 2.05) is 4.90 Å². The van der Waals surface area contributed by atoms with Crippen LogP contribution in [0.3, 0.4) is 0 Å². The molecule has 1 atom stereocenters. The largest absolute Gasteiger partial charge is 0.336 e. The van der Waals surface area contributed by atoms with Crippen molar-refractivity contribution < 1.29 is 4.79 Å². The van der Waals surface area contributed by atoms with Gasteiger partial charge >= 0.3 is 0 Å². The molecule has 0 aromatic carbocycles. The summed E-state index contributed by atoms with van der Waals surface area (Å²) in [6.07, 6.45) is 7.93. The quantitative estimate of drug-likeness (QED) is 0.621. The molecule has 21 heavy (non-hydrogen) atoms. The van der Waals surface area contributed by atoms with Crippen molar-refractivity contribution in [2.45, 2.75) is 31.7 Å². The Morgan fingerprint density at radius 1 is 1.24 bits per heavy atom. The SMILES string of the molecule is NNc1cncc(C(=O)N2CCC(N3CCCCC3)C2)n1. The van der Waals surface area contributed by atoms with Crippen molar-refractivity contribution in [3.8, 4) is 0 Å². The zero-order chi connectivity index (χ0) is 14.7. The van der Waals surface area contributed by atoms with E-state index in [0.717, 1.165) is 19.5 Å². The first-order chi connectivity index (χ1) is 10.3. The van der Waals surface area contributed by atoms with Gasteiger partial charge < -0.3 is 10.3 Å². The van der Waals surface area contributed by atoms with E-state index in [1.165, 1.54) is 44.7 Å². The van der Waals surface area contributed by atoms with Crippen molar-refractivity contribution >= 4 is 11.7 Å². The lowest BCUT2D eigenvalue weighted by Crippen LogP contribution is -2.41. The van der Waals surface area contributed by atoms with Crippen molar-refractivity contribution in [1.82, 2.24) is 19.8 Å². The van der Waals surface area contributed by atoms with Crippen LogP contribution in [-0.4, -0.2) is 57.9 Å². The van der Waals surface area contributed by atoms with Crippen molar-refractivity contribution in [3.63, 3.8) is 0 Å². The van der Waals surface area contributed by atoms with Gasteiger partial charge in [0.2, 0.25) is 0 Å². The molecule has 1 amide bonds. The number of hydrogen-bond acceptors (Lipinski definition) is 6. The van der Waals surface area contributed by atoms with Crippen molar-refractivity contribution in [1.29, 1.82) is 0 Å². The molecule has 2 saturated heterocycles. The van der Waals surface area contributed by atoms with Crippen LogP contribution < -0.4 is 11.3 Å². The first-order valence-corrected chi connectivity index (χ1v) is 7.60. The van der Waals surface area contributed by atoms with E-state index in [-0.39, 0.29) is 5.91 Å². The number of carbonyl (C=O) groups excluding carboxylic acids is 1. The molecule has 2 aliphatic heterocycles. The number of amides is 1. The first-order valence-electron chi connectivity index (χ1n) is 7.60. The number of piperidine rings is 1. The predicted molar refractivity (Wildman–Crippen MR) is 79.6 cm³/mol. The third kappa shape index (κ3) is 3.14. The molecule has 0 bridgehead atoms. The van der Waals surface area contributed by atoms with Gasteiger partial charge in [-0.1, -0.05) is 6.42 Å². The number of hydrazine groups is 1. The molecule has 7 nitrogen and oxygen atoms in total. The van der Waals surface area contributed by atoms with Gasteiger partial charge in [-0.05, 0) is 32.4 Å². The number of rotatable bonds is 3. The minimum Gasteiger partial charge on any atom is -0.336 e. The highest BCUT2D eigenvalue weighted by Crippen LogP contribution is 2.21. The van der Waals surface area contributed by atoms with Crippen LogP contribution in [0.2, 0.25) is 0 Å². The lowest BCUT2D eigenvalue weighted by Gasteiger charge is -2.32. The summed E-state index contributed by atoms with van der Waals surface area (Å²) in [5.74, 6) is 5.66. The number of nitrogens with zero attached hydrogens (tertiary/aromatic N) is 4. The molecule has 0 saturated carbocycles. The summed E-state index contributed by atoms with van der Waals surface area (Å²) in [7, 11) is 0. The number of hydrogen-bond donors (Lipinski definition) is 2. The molecule has 3 heterocycles. The lowest BCUT2D eigenvalue weighted by molar-refractivity contribution is 0.0765. The second-order valence-corrected chi connectivity index (χ2v) is 5.72. The van der Waals surface area contributed by atoms with Gasteiger partial charge in [0.25, 0.3) is 5.91 Å². The predicted octanol–water partition coefficient (Wildman–Crippen LogP) is 0.463. The maximum atomic E-state index is 12.5. The Morgan fingerprint density at radius 2 is 2.05 bits per heavy atom. The zero-order valence-corrected chi connectivity index (χ0v) is 12.2. The van der Waals surface area contributed by atoms with Crippen LogP contribution in [0.4, 0.5) is 5.82 Å². The minimum absolute atomic E-state index is 0.0564. The van der Waals surface area contributed by atoms with E-state index in [0.29, 0.717) is 17.6 Å². The molecule has 114 valence electrons. The molecule has 2 fully saturated rings.